The number of hydrogen-bond donors (Lipinski definition) is 1. The van der Waals surface area contributed by atoms with Crippen molar-refractivity contribution in [3.8, 4) is 17.2 Å². The molecule has 2 aromatic carbocycles. The summed E-state index contributed by atoms with van der Waals surface area (Å²) < 4.78 is 16.8. The minimum atomic E-state index is -0.0466. The van der Waals surface area contributed by atoms with Crippen LogP contribution in [0.1, 0.15) is 25.8 Å². The highest BCUT2D eigenvalue weighted by Gasteiger charge is 2.13. The average molecular weight is 341 g/mol. The highest BCUT2D eigenvalue weighted by atomic mass is 16.6. The molecule has 1 N–H and O–H groups in total. The Morgan fingerprint density at radius 2 is 1.88 bits per heavy atom. The van der Waals surface area contributed by atoms with E-state index in [2.05, 4.69) is 5.32 Å². The van der Waals surface area contributed by atoms with Gasteiger partial charge in [0, 0.05) is 6.42 Å². The van der Waals surface area contributed by atoms with Crippen LogP contribution in [0.5, 0.6) is 17.2 Å². The summed E-state index contributed by atoms with van der Waals surface area (Å²) in [4.78, 5) is 12.3. The second kappa shape index (κ2) is 7.92. The SMILES string of the molecule is CC(C)Oc1ccccc1NC(=O)CCc1ccc2c(c1)OCCO2. The van der Waals surface area contributed by atoms with Gasteiger partial charge < -0.3 is 19.5 Å². The van der Waals surface area contributed by atoms with Crippen LogP contribution >= 0.6 is 0 Å². The van der Waals surface area contributed by atoms with Gasteiger partial charge in [0.15, 0.2) is 11.5 Å². The quantitative estimate of drug-likeness (QED) is 0.868. The molecule has 0 fully saturated rings. The van der Waals surface area contributed by atoms with Gasteiger partial charge in [-0.15, -0.1) is 0 Å². The van der Waals surface area contributed by atoms with Crippen LogP contribution in [0.25, 0.3) is 0 Å². The molecule has 0 atom stereocenters. The molecule has 0 aromatic heterocycles. The lowest BCUT2D eigenvalue weighted by Crippen LogP contribution is -2.16. The molecule has 5 heteroatoms. The maximum Gasteiger partial charge on any atom is 0.224 e. The molecule has 0 unspecified atom stereocenters. The summed E-state index contributed by atoms with van der Waals surface area (Å²) in [5, 5.41) is 2.93. The van der Waals surface area contributed by atoms with Crippen molar-refractivity contribution < 1.29 is 19.0 Å². The van der Waals surface area contributed by atoms with Crippen molar-refractivity contribution in [1.29, 1.82) is 0 Å². The number of hydrogen-bond acceptors (Lipinski definition) is 4. The Kier molecular flexibility index (Phi) is 5.43. The fourth-order valence-electron chi connectivity index (χ4n) is 2.64. The zero-order valence-corrected chi connectivity index (χ0v) is 14.6. The number of rotatable bonds is 6. The first-order valence-corrected chi connectivity index (χ1v) is 8.56. The van der Waals surface area contributed by atoms with Crippen molar-refractivity contribution in [2.24, 2.45) is 0 Å². The third kappa shape index (κ3) is 4.66. The van der Waals surface area contributed by atoms with Crippen LogP contribution in [0.2, 0.25) is 0 Å². The van der Waals surface area contributed by atoms with E-state index in [1.165, 1.54) is 0 Å². The molecule has 0 bridgehead atoms. The monoisotopic (exact) mass is 341 g/mol. The predicted octanol–water partition coefficient (Wildman–Crippen LogP) is 3.82. The smallest absolute Gasteiger partial charge is 0.224 e. The van der Waals surface area contributed by atoms with Gasteiger partial charge in [-0.2, -0.15) is 0 Å². The molecule has 0 saturated carbocycles. The highest BCUT2D eigenvalue weighted by Crippen LogP contribution is 2.31. The fourth-order valence-corrected chi connectivity index (χ4v) is 2.64. The Bertz CT molecular complexity index is 742. The number of amides is 1. The van der Waals surface area contributed by atoms with Gasteiger partial charge in [-0.3, -0.25) is 4.79 Å². The Hall–Kier alpha value is -2.69. The van der Waals surface area contributed by atoms with E-state index in [4.69, 9.17) is 14.2 Å². The predicted molar refractivity (Wildman–Crippen MR) is 96.6 cm³/mol. The van der Waals surface area contributed by atoms with E-state index < -0.39 is 0 Å². The molecule has 2 aromatic rings. The highest BCUT2D eigenvalue weighted by molar-refractivity contribution is 5.92. The number of fused-ring (bicyclic) bond motifs is 1. The Morgan fingerprint density at radius 1 is 1.12 bits per heavy atom. The maximum atomic E-state index is 12.3. The van der Waals surface area contributed by atoms with E-state index in [0.29, 0.717) is 37.5 Å². The summed E-state index contributed by atoms with van der Waals surface area (Å²) in [6, 6.07) is 13.3. The van der Waals surface area contributed by atoms with Crippen LogP contribution in [-0.2, 0) is 11.2 Å². The summed E-state index contributed by atoms with van der Waals surface area (Å²) in [7, 11) is 0. The van der Waals surface area contributed by atoms with E-state index >= 15 is 0 Å². The number of nitrogens with one attached hydrogen (secondary N) is 1. The molecule has 0 saturated heterocycles. The summed E-state index contributed by atoms with van der Waals surface area (Å²) in [5.74, 6) is 2.15. The van der Waals surface area contributed by atoms with Gasteiger partial charge in [0.2, 0.25) is 5.91 Å². The zero-order valence-electron chi connectivity index (χ0n) is 14.6. The van der Waals surface area contributed by atoms with Gasteiger partial charge in [0.05, 0.1) is 11.8 Å². The number of anilines is 1. The van der Waals surface area contributed by atoms with Gasteiger partial charge in [0.1, 0.15) is 19.0 Å². The van der Waals surface area contributed by atoms with Gasteiger partial charge in [-0.25, -0.2) is 0 Å². The molecular formula is C20H23NO4. The minimum absolute atomic E-state index is 0.0466. The number of benzene rings is 2. The first kappa shape index (κ1) is 17.1. The molecule has 132 valence electrons. The van der Waals surface area contributed by atoms with E-state index in [1.54, 1.807) is 0 Å². The molecule has 3 rings (SSSR count). The second-order valence-corrected chi connectivity index (χ2v) is 6.19. The summed E-state index contributed by atoms with van der Waals surface area (Å²) >= 11 is 0. The maximum absolute atomic E-state index is 12.3. The van der Waals surface area contributed by atoms with Gasteiger partial charge >= 0.3 is 0 Å². The topological polar surface area (TPSA) is 56.8 Å². The van der Waals surface area contributed by atoms with Crippen LogP contribution in [0.4, 0.5) is 5.69 Å². The lowest BCUT2D eigenvalue weighted by atomic mass is 10.1. The third-order valence-electron chi connectivity index (χ3n) is 3.77. The molecule has 1 amide bonds. The fraction of sp³-hybridized carbons (Fsp3) is 0.350. The minimum Gasteiger partial charge on any atom is -0.489 e. The van der Waals surface area contributed by atoms with E-state index in [1.807, 2.05) is 56.3 Å². The Labute approximate surface area is 147 Å². The van der Waals surface area contributed by atoms with Crippen LogP contribution in [0.15, 0.2) is 42.5 Å². The molecule has 5 nitrogen and oxygen atoms in total. The lowest BCUT2D eigenvalue weighted by Gasteiger charge is -2.19. The van der Waals surface area contributed by atoms with Crippen LogP contribution in [-0.4, -0.2) is 25.2 Å². The van der Waals surface area contributed by atoms with Crippen molar-refractivity contribution in [3.05, 3.63) is 48.0 Å². The lowest BCUT2D eigenvalue weighted by molar-refractivity contribution is -0.116. The first-order chi connectivity index (χ1) is 12.1. The third-order valence-corrected chi connectivity index (χ3v) is 3.77. The summed E-state index contributed by atoms with van der Waals surface area (Å²) in [6.07, 6.45) is 1.07. The second-order valence-electron chi connectivity index (χ2n) is 6.19. The van der Waals surface area contributed by atoms with Crippen LogP contribution in [0.3, 0.4) is 0 Å². The Morgan fingerprint density at radius 3 is 2.68 bits per heavy atom. The van der Waals surface area contributed by atoms with Gasteiger partial charge in [-0.05, 0) is 50.1 Å². The van der Waals surface area contributed by atoms with E-state index in [-0.39, 0.29) is 12.0 Å². The first-order valence-electron chi connectivity index (χ1n) is 8.56. The van der Waals surface area contributed by atoms with Crippen molar-refractivity contribution >= 4 is 11.6 Å². The number of ether oxygens (including phenoxy) is 3. The van der Waals surface area contributed by atoms with Crippen LogP contribution in [0, 0.1) is 0 Å². The van der Waals surface area contributed by atoms with Gasteiger partial charge in [-0.1, -0.05) is 18.2 Å². The molecular weight excluding hydrogens is 318 g/mol. The molecule has 25 heavy (non-hydrogen) atoms. The Balaban J connectivity index is 1.58. The number of carbonyl (C=O) groups is 1. The molecule has 0 aliphatic carbocycles. The normalized spacial score (nSPS) is 12.8. The van der Waals surface area contributed by atoms with E-state index in [9.17, 15) is 4.79 Å². The van der Waals surface area contributed by atoms with Gasteiger partial charge in [0.25, 0.3) is 0 Å². The zero-order chi connectivity index (χ0) is 17.6. The molecule has 0 radical (unpaired) electrons. The van der Waals surface area contributed by atoms with Crippen molar-refractivity contribution in [3.63, 3.8) is 0 Å². The van der Waals surface area contributed by atoms with Crippen molar-refractivity contribution in [1.82, 2.24) is 0 Å². The molecule has 1 aliphatic heterocycles. The number of carbonyl (C=O) groups excluding carboxylic acids is 1. The molecule has 1 aliphatic rings. The van der Waals surface area contributed by atoms with Crippen molar-refractivity contribution in [2.45, 2.75) is 32.8 Å². The molecule has 1 heterocycles. The largest absolute Gasteiger partial charge is 0.489 e. The number of para-hydroxylation sites is 2. The van der Waals surface area contributed by atoms with E-state index in [0.717, 1.165) is 17.1 Å². The van der Waals surface area contributed by atoms with Crippen LogP contribution < -0.4 is 19.5 Å². The van der Waals surface area contributed by atoms with Crippen molar-refractivity contribution in [2.75, 3.05) is 18.5 Å². The average Bonchev–Trinajstić information content (AvgIpc) is 2.61. The summed E-state index contributed by atoms with van der Waals surface area (Å²) in [5.41, 5.74) is 1.74. The summed E-state index contributed by atoms with van der Waals surface area (Å²) in [6.45, 7) is 5.05. The number of aryl methyl sites for hydroxylation is 1. The standard InChI is InChI=1S/C20H23NO4/c1-14(2)25-17-6-4-3-5-16(17)21-20(22)10-8-15-7-9-18-19(13-15)24-12-11-23-18/h3-7,9,13-14H,8,10-12H2,1-2H3,(H,21,22). The molecule has 0 spiro atoms.